The van der Waals surface area contributed by atoms with Crippen LogP contribution < -0.4 is 4.90 Å². The van der Waals surface area contributed by atoms with Gasteiger partial charge in [0.1, 0.15) is 11.6 Å². The van der Waals surface area contributed by atoms with Crippen molar-refractivity contribution in [1.29, 1.82) is 0 Å². The van der Waals surface area contributed by atoms with E-state index in [4.69, 9.17) is 0 Å². The first-order chi connectivity index (χ1) is 11.5. The number of hydrogen-bond donors (Lipinski definition) is 0. The average Bonchev–Trinajstić information content (AvgIpc) is 3.09. The van der Waals surface area contributed by atoms with Crippen LogP contribution in [0.4, 0.5) is 5.82 Å². The molecule has 24 heavy (non-hydrogen) atoms. The second-order valence-corrected chi connectivity index (χ2v) is 7.87. The molecule has 3 rings (SSSR count). The molecule has 1 aliphatic rings. The fraction of sp³-hybridized carbons (Fsp3) is 0.533. The Balaban J connectivity index is 1.75. The van der Waals surface area contributed by atoms with Crippen molar-refractivity contribution in [3.05, 3.63) is 30.4 Å². The van der Waals surface area contributed by atoms with Crippen molar-refractivity contribution < 1.29 is 8.42 Å². The molecule has 0 saturated carbocycles. The number of rotatable bonds is 5. The number of aryl methyl sites for hydroxylation is 1. The molecule has 2 aromatic rings. The lowest BCUT2D eigenvalue weighted by molar-refractivity contribution is 0.383. The van der Waals surface area contributed by atoms with E-state index in [1.165, 1.54) is 0 Å². The van der Waals surface area contributed by atoms with Gasteiger partial charge in [-0.15, -0.1) is 0 Å². The standard InChI is InChI=1S/C15H22N6O2S/c1-3-11-24(22,23)20-9-7-19(8-10-20)14-12-15(18-13(2)17-14)21-6-4-5-16-21/h4-6,12H,3,7-11H2,1-2H3. The lowest BCUT2D eigenvalue weighted by atomic mass is 10.3. The van der Waals surface area contributed by atoms with Gasteiger partial charge >= 0.3 is 0 Å². The molecule has 0 unspecified atom stereocenters. The van der Waals surface area contributed by atoms with Gasteiger partial charge < -0.3 is 4.90 Å². The zero-order valence-electron chi connectivity index (χ0n) is 14.0. The molecule has 1 saturated heterocycles. The number of piperazine rings is 1. The molecular weight excluding hydrogens is 328 g/mol. The lowest BCUT2D eigenvalue weighted by Gasteiger charge is -2.34. The van der Waals surface area contributed by atoms with E-state index < -0.39 is 10.0 Å². The third-order valence-electron chi connectivity index (χ3n) is 3.97. The number of hydrogen-bond acceptors (Lipinski definition) is 6. The molecule has 0 bridgehead atoms. The van der Waals surface area contributed by atoms with Gasteiger partial charge in [-0.05, 0) is 19.4 Å². The molecule has 1 fully saturated rings. The molecule has 0 N–H and O–H groups in total. The van der Waals surface area contributed by atoms with Crippen LogP contribution in [0.5, 0.6) is 0 Å². The van der Waals surface area contributed by atoms with Crippen LogP contribution in [0, 0.1) is 6.92 Å². The second kappa shape index (κ2) is 6.86. The Morgan fingerprint density at radius 2 is 1.83 bits per heavy atom. The summed E-state index contributed by atoms with van der Waals surface area (Å²) in [5, 5.41) is 4.20. The van der Waals surface area contributed by atoms with Crippen LogP contribution in [0.2, 0.25) is 0 Å². The third kappa shape index (κ3) is 3.57. The largest absolute Gasteiger partial charge is 0.354 e. The van der Waals surface area contributed by atoms with E-state index in [9.17, 15) is 8.42 Å². The Morgan fingerprint density at radius 1 is 1.12 bits per heavy atom. The fourth-order valence-electron chi connectivity index (χ4n) is 2.80. The Bertz CT molecular complexity index is 782. The van der Waals surface area contributed by atoms with Crippen LogP contribution in [0.3, 0.4) is 0 Å². The van der Waals surface area contributed by atoms with E-state index in [1.54, 1.807) is 15.2 Å². The Kier molecular flexibility index (Phi) is 4.81. The van der Waals surface area contributed by atoms with Gasteiger partial charge in [0.05, 0.1) is 5.75 Å². The first kappa shape index (κ1) is 16.8. The number of aromatic nitrogens is 4. The van der Waals surface area contributed by atoms with Crippen LogP contribution >= 0.6 is 0 Å². The maximum Gasteiger partial charge on any atom is 0.214 e. The first-order valence-corrected chi connectivity index (χ1v) is 9.69. The molecule has 8 nitrogen and oxygen atoms in total. The average molecular weight is 350 g/mol. The molecule has 0 aliphatic carbocycles. The Labute approximate surface area is 142 Å². The van der Waals surface area contributed by atoms with Gasteiger partial charge in [-0.1, -0.05) is 6.92 Å². The number of nitrogens with zero attached hydrogens (tertiary/aromatic N) is 6. The lowest BCUT2D eigenvalue weighted by Crippen LogP contribution is -2.49. The predicted molar refractivity (Wildman–Crippen MR) is 91.8 cm³/mol. The molecule has 1 aliphatic heterocycles. The van der Waals surface area contributed by atoms with E-state index in [2.05, 4.69) is 20.0 Å². The van der Waals surface area contributed by atoms with E-state index in [0.717, 1.165) is 5.82 Å². The van der Waals surface area contributed by atoms with Gasteiger partial charge in [0.15, 0.2) is 5.82 Å². The summed E-state index contributed by atoms with van der Waals surface area (Å²) in [7, 11) is -3.13. The van der Waals surface area contributed by atoms with E-state index >= 15 is 0 Å². The molecule has 0 radical (unpaired) electrons. The van der Waals surface area contributed by atoms with Gasteiger partial charge in [-0.3, -0.25) is 0 Å². The molecule has 9 heteroatoms. The molecule has 130 valence electrons. The van der Waals surface area contributed by atoms with Crippen LogP contribution in [0.1, 0.15) is 19.2 Å². The normalized spacial score (nSPS) is 16.5. The van der Waals surface area contributed by atoms with Crippen molar-refractivity contribution in [3.63, 3.8) is 0 Å². The summed E-state index contributed by atoms with van der Waals surface area (Å²) in [5.41, 5.74) is 0. The highest BCUT2D eigenvalue weighted by atomic mass is 32.2. The van der Waals surface area contributed by atoms with Crippen LogP contribution in [-0.4, -0.2) is 64.4 Å². The summed E-state index contributed by atoms with van der Waals surface area (Å²) < 4.78 is 27.6. The van der Waals surface area contributed by atoms with Crippen LogP contribution in [0.15, 0.2) is 24.5 Å². The quantitative estimate of drug-likeness (QED) is 0.794. The van der Waals surface area contributed by atoms with Crippen molar-refractivity contribution >= 4 is 15.8 Å². The minimum absolute atomic E-state index is 0.211. The van der Waals surface area contributed by atoms with Gasteiger partial charge in [0, 0.05) is 44.6 Å². The summed E-state index contributed by atoms with van der Waals surface area (Å²) in [5.74, 6) is 2.39. The predicted octanol–water partition coefficient (Wildman–Crippen LogP) is 0.833. The van der Waals surface area contributed by atoms with Gasteiger partial charge in [-0.25, -0.2) is 23.1 Å². The highest BCUT2D eigenvalue weighted by molar-refractivity contribution is 7.89. The highest BCUT2D eigenvalue weighted by Crippen LogP contribution is 2.18. The summed E-state index contributed by atoms with van der Waals surface area (Å²) in [4.78, 5) is 11.0. The highest BCUT2D eigenvalue weighted by Gasteiger charge is 2.27. The summed E-state index contributed by atoms with van der Waals surface area (Å²) >= 11 is 0. The molecule has 2 aromatic heterocycles. The minimum atomic E-state index is -3.13. The van der Waals surface area contributed by atoms with Crippen molar-refractivity contribution in [3.8, 4) is 5.82 Å². The minimum Gasteiger partial charge on any atom is -0.354 e. The van der Waals surface area contributed by atoms with Crippen molar-refractivity contribution in [2.75, 3.05) is 36.8 Å². The van der Waals surface area contributed by atoms with Gasteiger partial charge in [-0.2, -0.15) is 9.40 Å². The Hall–Kier alpha value is -2.00. The van der Waals surface area contributed by atoms with Crippen molar-refractivity contribution in [2.24, 2.45) is 0 Å². The van der Waals surface area contributed by atoms with Crippen molar-refractivity contribution in [2.45, 2.75) is 20.3 Å². The van der Waals surface area contributed by atoms with E-state index in [-0.39, 0.29) is 5.75 Å². The first-order valence-electron chi connectivity index (χ1n) is 8.08. The van der Waals surface area contributed by atoms with E-state index in [1.807, 2.05) is 32.2 Å². The summed E-state index contributed by atoms with van der Waals surface area (Å²) in [6, 6.07) is 3.73. The van der Waals surface area contributed by atoms with Gasteiger partial charge in [0.2, 0.25) is 10.0 Å². The Morgan fingerprint density at radius 3 is 2.46 bits per heavy atom. The number of anilines is 1. The van der Waals surface area contributed by atoms with Gasteiger partial charge in [0.25, 0.3) is 0 Å². The third-order valence-corrected chi connectivity index (χ3v) is 6.04. The molecule has 0 spiro atoms. The monoisotopic (exact) mass is 350 g/mol. The molecule has 0 amide bonds. The molecule has 3 heterocycles. The number of sulfonamides is 1. The molecular formula is C15H22N6O2S. The smallest absolute Gasteiger partial charge is 0.214 e. The maximum absolute atomic E-state index is 12.2. The van der Waals surface area contributed by atoms with Crippen molar-refractivity contribution in [1.82, 2.24) is 24.1 Å². The van der Waals surface area contributed by atoms with Crippen LogP contribution in [0.25, 0.3) is 5.82 Å². The molecule has 0 atom stereocenters. The fourth-order valence-corrected chi connectivity index (χ4v) is 4.30. The summed E-state index contributed by atoms with van der Waals surface area (Å²) in [6.07, 6.45) is 4.18. The SMILES string of the molecule is CCCS(=O)(=O)N1CCN(c2cc(-n3cccn3)nc(C)n2)CC1. The topological polar surface area (TPSA) is 84.2 Å². The zero-order valence-corrected chi connectivity index (χ0v) is 14.8. The second-order valence-electron chi connectivity index (χ2n) is 5.78. The van der Waals surface area contributed by atoms with E-state index in [0.29, 0.717) is 44.2 Å². The molecule has 0 aromatic carbocycles. The summed E-state index contributed by atoms with van der Waals surface area (Å²) in [6.45, 7) is 5.95. The van der Waals surface area contributed by atoms with Crippen LogP contribution in [-0.2, 0) is 10.0 Å². The maximum atomic E-state index is 12.2. The zero-order chi connectivity index (χ0) is 17.2.